The molecule has 0 saturated heterocycles. The van der Waals surface area contributed by atoms with E-state index in [2.05, 4.69) is 34.3 Å². The third-order valence-electron chi connectivity index (χ3n) is 9.62. The Kier molecular flexibility index (Phi) is 12.4. The number of benzene rings is 1. The number of hydrogen-bond acceptors (Lipinski definition) is 5. The van der Waals surface area contributed by atoms with Crippen LogP contribution >= 0.6 is 0 Å². The molecule has 1 N–H and O–H groups in total. The van der Waals surface area contributed by atoms with Gasteiger partial charge in [0.1, 0.15) is 6.10 Å². The summed E-state index contributed by atoms with van der Waals surface area (Å²) in [6, 6.07) is 3.88. The summed E-state index contributed by atoms with van der Waals surface area (Å²) in [4.78, 5) is 12.7. The van der Waals surface area contributed by atoms with E-state index in [1.807, 2.05) is 19.1 Å². The van der Waals surface area contributed by atoms with Crippen molar-refractivity contribution in [3.05, 3.63) is 35.4 Å². The van der Waals surface area contributed by atoms with Gasteiger partial charge in [-0.2, -0.15) is 0 Å². The summed E-state index contributed by atoms with van der Waals surface area (Å²) >= 11 is 0. The number of ether oxygens (including phenoxy) is 3. The summed E-state index contributed by atoms with van der Waals surface area (Å²) in [5, 5.41) is 12.2. The largest absolute Gasteiger partial charge is 0.513 e. The van der Waals surface area contributed by atoms with Gasteiger partial charge in [-0.25, -0.2) is 4.79 Å². The number of aliphatic hydroxyl groups is 1. The first kappa shape index (κ1) is 32.5. The number of carbonyl (C=O) groups is 1. The molecule has 5 heteroatoms. The summed E-state index contributed by atoms with van der Waals surface area (Å²) in [6.45, 7) is 15.3. The van der Waals surface area contributed by atoms with Crippen LogP contribution in [-0.4, -0.2) is 29.6 Å². The molecule has 5 nitrogen and oxygen atoms in total. The van der Waals surface area contributed by atoms with Crippen molar-refractivity contribution in [3.63, 3.8) is 0 Å². The van der Waals surface area contributed by atoms with Gasteiger partial charge in [-0.05, 0) is 55.7 Å². The van der Waals surface area contributed by atoms with Gasteiger partial charge in [-0.15, -0.1) is 0 Å². The van der Waals surface area contributed by atoms with Crippen LogP contribution in [0.25, 0.3) is 0 Å². The summed E-state index contributed by atoms with van der Waals surface area (Å²) in [6.07, 6.45) is 16.7. The van der Waals surface area contributed by atoms with Gasteiger partial charge in [0.15, 0.2) is 11.5 Å². The van der Waals surface area contributed by atoms with Gasteiger partial charge < -0.3 is 19.3 Å². The molecule has 0 aromatic heterocycles. The molecule has 0 saturated carbocycles. The van der Waals surface area contributed by atoms with Crippen LogP contribution in [0.3, 0.4) is 0 Å². The van der Waals surface area contributed by atoms with E-state index >= 15 is 0 Å². The minimum absolute atomic E-state index is 0.107. The Balaban J connectivity index is 1.61. The molecule has 40 heavy (non-hydrogen) atoms. The van der Waals surface area contributed by atoms with Gasteiger partial charge in [0.25, 0.3) is 0 Å². The number of rotatable bonds is 18. The first-order chi connectivity index (χ1) is 19.3. The van der Waals surface area contributed by atoms with Crippen molar-refractivity contribution in [2.75, 3.05) is 6.61 Å². The lowest BCUT2D eigenvalue weighted by atomic mass is 9.52. The third-order valence-corrected chi connectivity index (χ3v) is 9.62. The van der Waals surface area contributed by atoms with E-state index in [9.17, 15) is 9.90 Å². The lowest BCUT2D eigenvalue weighted by molar-refractivity contribution is -0.106. The van der Waals surface area contributed by atoms with E-state index in [1.165, 1.54) is 63.4 Å². The molecule has 0 radical (unpaired) electrons. The lowest BCUT2D eigenvalue weighted by Gasteiger charge is -2.53. The fourth-order valence-electron chi connectivity index (χ4n) is 7.26. The molecule has 1 aliphatic carbocycles. The standard InChI is InChI=1S/C35H56O5/c1-7-11-12-13-14-15-16-17-18-19-20-24-38-33(36)39-29-22-21-27-25-28(10-4)34(6,37)35(23-8-2)30(27)31(29)40-32(35)26(5)9-3/h21-22,28,32,37H,5,7-20,23-25H2,1-4,6H3. The van der Waals surface area contributed by atoms with E-state index < -0.39 is 17.2 Å². The summed E-state index contributed by atoms with van der Waals surface area (Å²) in [5.74, 6) is 1.06. The van der Waals surface area contributed by atoms with E-state index in [0.717, 1.165) is 56.1 Å². The van der Waals surface area contributed by atoms with Crippen molar-refractivity contribution >= 4 is 6.16 Å². The molecule has 1 aromatic carbocycles. The van der Waals surface area contributed by atoms with E-state index in [4.69, 9.17) is 14.2 Å². The fraction of sp³-hybridized carbons (Fsp3) is 0.743. The lowest BCUT2D eigenvalue weighted by Crippen LogP contribution is -2.62. The van der Waals surface area contributed by atoms with Crippen molar-refractivity contribution in [1.82, 2.24) is 0 Å². The van der Waals surface area contributed by atoms with Crippen molar-refractivity contribution in [3.8, 4) is 11.5 Å². The molecule has 4 atom stereocenters. The predicted molar refractivity (Wildman–Crippen MR) is 163 cm³/mol. The normalized spacial score (nSPS) is 24.9. The van der Waals surface area contributed by atoms with E-state index in [1.54, 1.807) is 0 Å². The number of hydrogen-bond donors (Lipinski definition) is 1. The summed E-state index contributed by atoms with van der Waals surface area (Å²) < 4.78 is 17.8. The van der Waals surface area contributed by atoms with Crippen LogP contribution in [0.15, 0.2) is 24.3 Å². The monoisotopic (exact) mass is 556 g/mol. The fourth-order valence-corrected chi connectivity index (χ4v) is 7.26. The molecule has 1 aromatic rings. The maximum absolute atomic E-state index is 12.7. The third kappa shape index (κ3) is 6.89. The zero-order chi connectivity index (χ0) is 29.2. The van der Waals surface area contributed by atoms with Crippen LogP contribution in [0.4, 0.5) is 4.79 Å². The Morgan fingerprint density at radius 2 is 1.60 bits per heavy atom. The second-order valence-electron chi connectivity index (χ2n) is 12.4. The zero-order valence-electron chi connectivity index (χ0n) is 26.1. The number of unbranched alkanes of at least 4 members (excludes halogenated alkanes) is 10. The van der Waals surface area contributed by atoms with Gasteiger partial charge in [0.05, 0.1) is 17.6 Å². The molecular weight excluding hydrogens is 500 g/mol. The van der Waals surface area contributed by atoms with Crippen molar-refractivity contribution in [1.29, 1.82) is 0 Å². The van der Waals surface area contributed by atoms with Crippen LogP contribution in [-0.2, 0) is 16.6 Å². The Bertz CT molecular complexity index is 967. The van der Waals surface area contributed by atoms with Gasteiger partial charge in [-0.1, -0.05) is 117 Å². The first-order valence-corrected chi connectivity index (χ1v) is 16.4. The van der Waals surface area contributed by atoms with Crippen molar-refractivity contribution < 1.29 is 24.1 Å². The average molecular weight is 557 g/mol. The van der Waals surface area contributed by atoms with Gasteiger partial charge >= 0.3 is 6.16 Å². The second-order valence-corrected chi connectivity index (χ2v) is 12.4. The molecule has 0 amide bonds. The van der Waals surface area contributed by atoms with Crippen LogP contribution in [0, 0.1) is 5.92 Å². The van der Waals surface area contributed by atoms with E-state index in [-0.39, 0.29) is 12.0 Å². The van der Waals surface area contributed by atoms with Crippen LogP contribution in [0.2, 0.25) is 0 Å². The minimum Gasteiger partial charge on any atom is -0.481 e. The molecule has 0 fully saturated rings. The maximum Gasteiger partial charge on any atom is 0.513 e. The highest BCUT2D eigenvalue weighted by Gasteiger charge is 2.65. The smallest absolute Gasteiger partial charge is 0.481 e. The Hall–Kier alpha value is -2.01. The molecular formula is C35H56O5. The minimum atomic E-state index is -0.979. The highest BCUT2D eigenvalue weighted by molar-refractivity contribution is 5.69. The zero-order valence-corrected chi connectivity index (χ0v) is 26.1. The van der Waals surface area contributed by atoms with Crippen molar-refractivity contribution in [2.24, 2.45) is 5.92 Å². The summed E-state index contributed by atoms with van der Waals surface area (Å²) in [7, 11) is 0. The van der Waals surface area contributed by atoms with Crippen molar-refractivity contribution in [2.45, 2.75) is 154 Å². The number of carbonyl (C=O) groups excluding carboxylic acids is 1. The van der Waals surface area contributed by atoms with Crippen LogP contribution < -0.4 is 9.47 Å². The Morgan fingerprint density at radius 3 is 2.17 bits per heavy atom. The molecule has 3 rings (SSSR count). The Labute approximate surface area is 244 Å². The highest BCUT2D eigenvalue weighted by atomic mass is 16.7. The predicted octanol–water partition coefficient (Wildman–Crippen LogP) is 9.61. The maximum atomic E-state index is 12.7. The molecule has 1 heterocycles. The SMILES string of the molecule is C=C(CC)C1Oc2c(OC(=O)OCCCCCCCCCCCCC)ccc3c2C1(CCC)C(C)(O)C(CC)C3. The molecule has 0 bridgehead atoms. The van der Waals surface area contributed by atoms with Crippen LogP contribution in [0.5, 0.6) is 11.5 Å². The highest BCUT2D eigenvalue weighted by Crippen LogP contribution is 2.62. The molecule has 0 spiro atoms. The molecule has 226 valence electrons. The average Bonchev–Trinajstić information content (AvgIpc) is 3.30. The second kappa shape index (κ2) is 15.3. The molecule has 2 aliphatic rings. The van der Waals surface area contributed by atoms with Gasteiger partial charge in [-0.3, -0.25) is 0 Å². The topological polar surface area (TPSA) is 65.0 Å². The summed E-state index contributed by atoms with van der Waals surface area (Å²) in [5.41, 5.74) is 1.52. The quantitative estimate of drug-likeness (QED) is 0.0844. The van der Waals surface area contributed by atoms with Gasteiger partial charge in [0.2, 0.25) is 0 Å². The van der Waals surface area contributed by atoms with Crippen LogP contribution in [0.1, 0.15) is 142 Å². The molecule has 4 unspecified atom stereocenters. The first-order valence-electron chi connectivity index (χ1n) is 16.4. The molecule has 1 aliphatic heterocycles. The Morgan fingerprint density at radius 1 is 0.975 bits per heavy atom. The van der Waals surface area contributed by atoms with E-state index in [0.29, 0.717) is 18.1 Å². The van der Waals surface area contributed by atoms with Gasteiger partial charge in [0, 0.05) is 5.56 Å².